The van der Waals surface area contributed by atoms with Gasteiger partial charge in [-0.05, 0) is 24.6 Å². The smallest absolute Gasteiger partial charge is 0.310 e. The molecule has 15 heavy (non-hydrogen) atoms. The summed E-state index contributed by atoms with van der Waals surface area (Å²) in [5.74, 6) is -1.48. The Morgan fingerprint density at radius 2 is 2.33 bits per heavy atom. The molecule has 1 atom stereocenters. The minimum atomic E-state index is -0.887. The van der Waals surface area contributed by atoms with Gasteiger partial charge in [-0.3, -0.25) is 4.79 Å². The van der Waals surface area contributed by atoms with Gasteiger partial charge in [0.2, 0.25) is 0 Å². The molecule has 0 aliphatic carbocycles. The second-order valence-electron chi connectivity index (χ2n) is 3.31. The molecular formula is C10H8ClNO3. The molecule has 1 aromatic heterocycles. The average Bonchev–Trinajstić information content (AvgIpc) is 2.64. The van der Waals surface area contributed by atoms with E-state index in [2.05, 4.69) is 5.16 Å². The van der Waals surface area contributed by atoms with Gasteiger partial charge < -0.3 is 9.63 Å². The van der Waals surface area contributed by atoms with Crippen molar-refractivity contribution in [2.75, 3.05) is 0 Å². The minimum absolute atomic E-state index is 0.383. The number of fused-ring (bicyclic) bond motifs is 1. The first-order chi connectivity index (χ1) is 7.09. The van der Waals surface area contributed by atoms with Crippen molar-refractivity contribution in [1.82, 2.24) is 5.16 Å². The summed E-state index contributed by atoms with van der Waals surface area (Å²) in [6.45, 7) is 1.60. The maximum atomic E-state index is 10.8. The molecule has 1 aromatic carbocycles. The van der Waals surface area contributed by atoms with E-state index in [1.54, 1.807) is 19.1 Å². The first-order valence-corrected chi connectivity index (χ1v) is 4.74. The lowest BCUT2D eigenvalue weighted by Gasteiger charge is -2.06. The van der Waals surface area contributed by atoms with Gasteiger partial charge in [0, 0.05) is 5.39 Å². The largest absolute Gasteiger partial charge is 0.481 e. The summed E-state index contributed by atoms with van der Waals surface area (Å²) >= 11 is 5.93. The van der Waals surface area contributed by atoms with Crippen LogP contribution in [0.25, 0.3) is 11.0 Å². The molecule has 1 heterocycles. The van der Waals surface area contributed by atoms with Gasteiger partial charge in [0.25, 0.3) is 0 Å². The van der Waals surface area contributed by atoms with Crippen molar-refractivity contribution < 1.29 is 14.4 Å². The molecule has 0 spiro atoms. The van der Waals surface area contributed by atoms with Crippen LogP contribution in [0, 0.1) is 0 Å². The highest BCUT2D eigenvalue weighted by Crippen LogP contribution is 2.28. The van der Waals surface area contributed by atoms with Gasteiger partial charge >= 0.3 is 5.97 Å². The van der Waals surface area contributed by atoms with E-state index >= 15 is 0 Å². The topological polar surface area (TPSA) is 63.3 Å². The first-order valence-electron chi connectivity index (χ1n) is 4.36. The predicted octanol–water partition coefficient (Wildman–Crippen LogP) is 2.67. The summed E-state index contributed by atoms with van der Waals surface area (Å²) in [5, 5.41) is 13.6. The Morgan fingerprint density at radius 3 is 3.00 bits per heavy atom. The second kappa shape index (κ2) is 3.55. The quantitative estimate of drug-likeness (QED) is 0.854. The molecular weight excluding hydrogens is 218 g/mol. The summed E-state index contributed by atoms with van der Waals surface area (Å²) in [6.07, 6.45) is 1.51. The van der Waals surface area contributed by atoms with Crippen LogP contribution in [0.3, 0.4) is 0 Å². The molecule has 0 aliphatic rings. The molecule has 0 amide bonds. The van der Waals surface area contributed by atoms with Crippen LogP contribution in [-0.4, -0.2) is 16.2 Å². The maximum absolute atomic E-state index is 10.8. The normalized spacial score (nSPS) is 12.9. The molecule has 78 valence electrons. The molecule has 5 heteroatoms. The highest BCUT2D eigenvalue weighted by Gasteiger charge is 2.16. The number of aromatic nitrogens is 1. The minimum Gasteiger partial charge on any atom is -0.481 e. The van der Waals surface area contributed by atoms with Gasteiger partial charge in [-0.1, -0.05) is 16.8 Å². The third-order valence-electron chi connectivity index (χ3n) is 2.30. The number of carboxylic acids is 1. The summed E-state index contributed by atoms with van der Waals surface area (Å²) in [6, 6.07) is 3.31. The number of nitrogens with zero attached hydrogens (tertiary/aromatic N) is 1. The van der Waals surface area contributed by atoms with E-state index in [0.717, 1.165) is 0 Å². The molecule has 1 N–H and O–H groups in total. The number of aliphatic carboxylic acids is 1. The van der Waals surface area contributed by atoms with Crippen LogP contribution >= 0.6 is 11.6 Å². The third-order valence-corrected chi connectivity index (χ3v) is 2.58. The van der Waals surface area contributed by atoms with Gasteiger partial charge in [-0.25, -0.2) is 0 Å². The predicted molar refractivity (Wildman–Crippen MR) is 55.1 cm³/mol. The fraction of sp³-hybridized carbons (Fsp3) is 0.200. The van der Waals surface area contributed by atoms with Crippen molar-refractivity contribution in [2.45, 2.75) is 12.8 Å². The lowest BCUT2D eigenvalue weighted by molar-refractivity contribution is -0.138. The summed E-state index contributed by atoms with van der Waals surface area (Å²) in [7, 11) is 0. The summed E-state index contributed by atoms with van der Waals surface area (Å²) < 4.78 is 4.91. The van der Waals surface area contributed by atoms with Gasteiger partial charge in [0.1, 0.15) is 0 Å². The van der Waals surface area contributed by atoms with Crippen molar-refractivity contribution in [3.63, 3.8) is 0 Å². The van der Waals surface area contributed by atoms with Crippen molar-refractivity contribution in [2.24, 2.45) is 0 Å². The van der Waals surface area contributed by atoms with Crippen LogP contribution in [0.2, 0.25) is 5.02 Å². The zero-order chi connectivity index (χ0) is 11.0. The molecule has 0 radical (unpaired) electrons. The molecule has 0 bridgehead atoms. The van der Waals surface area contributed by atoms with E-state index in [-0.39, 0.29) is 0 Å². The first kappa shape index (κ1) is 9.98. The van der Waals surface area contributed by atoms with Crippen LogP contribution in [0.4, 0.5) is 0 Å². The summed E-state index contributed by atoms with van der Waals surface area (Å²) in [5.41, 5.74) is 1.13. The Bertz CT molecular complexity index is 520. The number of rotatable bonds is 2. The van der Waals surface area contributed by atoms with Gasteiger partial charge in [-0.15, -0.1) is 0 Å². The van der Waals surface area contributed by atoms with Gasteiger partial charge in [0.05, 0.1) is 17.1 Å². The highest BCUT2D eigenvalue weighted by molar-refractivity contribution is 6.34. The van der Waals surface area contributed by atoms with Gasteiger partial charge in [0.15, 0.2) is 5.58 Å². The molecule has 1 unspecified atom stereocenters. The Hall–Kier alpha value is -1.55. The monoisotopic (exact) mass is 225 g/mol. The molecule has 4 nitrogen and oxygen atoms in total. The molecule has 0 fully saturated rings. The van der Waals surface area contributed by atoms with Gasteiger partial charge in [-0.2, -0.15) is 0 Å². The third kappa shape index (κ3) is 1.68. The average molecular weight is 226 g/mol. The Kier molecular flexibility index (Phi) is 2.36. The van der Waals surface area contributed by atoms with E-state index in [0.29, 0.717) is 21.6 Å². The Morgan fingerprint density at radius 1 is 1.60 bits per heavy atom. The standard InChI is InChI=1S/C10H8ClNO3/c1-5(10(13)14)6-2-7-4-12-15-9(7)8(11)3-6/h2-5H,1H3,(H,13,14). The number of carbonyl (C=O) groups is 1. The fourth-order valence-electron chi connectivity index (χ4n) is 1.36. The molecule has 0 saturated carbocycles. The molecule has 0 saturated heterocycles. The summed E-state index contributed by atoms with van der Waals surface area (Å²) in [4.78, 5) is 10.8. The SMILES string of the molecule is CC(C(=O)O)c1cc(Cl)c2oncc2c1. The van der Waals surface area contributed by atoms with E-state index in [9.17, 15) is 4.79 Å². The van der Waals surface area contributed by atoms with E-state index in [1.807, 2.05) is 0 Å². The van der Waals surface area contributed by atoms with E-state index < -0.39 is 11.9 Å². The maximum Gasteiger partial charge on any atom is 0.310 e. The van der Waals surface area contributed by atoms with Crippen molar-refractivity contribution >= 4 is 28.5 Å². The lowest BCUT2D eigenvalue weighted by Crippen LogP contribution is -2.07. The van der Waals surface area contributed by atoms with Crippen LogP contribution < -0.4 is 0 Å². The highest BCUT2D eigenvalue weighted by atomic mass is 35.5. The number of benzene rings is 1. The van der Waals surface area contributed by atoms with E-state index in [4.69, 9.17) is 21.2 Å². The van der Waals surface area contributed by atoms with Crippen LogP contribution in [0.1, 0.15) is 18.4 Å². The Balaban J connectivity index is 2.58. The van der Waals surface area contributed by atoms with Crippen molar-refractivity contribution in [1.29, 1.82) is 0 Å². The number of halogens is 1. The van der Waals surface area contributed by atoms with Crippen LogP contribution in [-0.2, 0) is 4.79 Å². The molecule has 0 aliphatic heterocycles. The van der Waals surface area contributed by atoms with E-state index in [1.165, 1.54) is 6.20 Å². The van der Waals surface area contributed by atoms with Crippen molar-refractivity contribution in [3.8, 4) is 0 Å². The second-order valence-corrected chi connectivity index (χ2v) is 3.71. The zero-order valence-corrected chi connectivity index (χ0v) is 8.65. The molecule has 2 rings (SSSR count). The molecule has 2 aromatic rings. The fourth-order valence-corrected chi connectivity index (χ4v) is 1.63. The van der Waals surface area contributed by atoms with Crippen molar-refractivity contribution in [3.05, 3.63) is 28.9 Å². The lowest BCUT2D eigenvalue weighted by atomic mass is 10.0. The number of hydrogen-bond donors (Lipinski definition) is 1. The zero-order valence-electron chi connectivity index (χ0n) is 7.90. The Labute approximate surface area is 90.4 Å². The van der Waals surface area contributed by atoms with Crippen LogP contribution in [0.5, 0.6) is 0 Å². The van der Waals surface area contributed by atoms with Crippen LogP contribution in [0.15, 0.2) is 22.9 Å². The number of carboxylic acid groups (broad SMARTS) is 1. The number of hydrogen-bond acceptors (Lipinski definition) is 3.